The number of nitrogens with zero attached hydrogens (tertiary/aromatic N) is 4. The lowest BCUT2D eigenvalue weighted by Gasteiger charge is -2.08. The minimum absolute atomic E-state index is 0.177. The number of aryl methyl sites for hydroxylation is 2. The molecular weight excluding hydrogens is 385 g/mol. The molecule has 4 rings (SSSR count). The first kappa shape index (κ1) is 19.5. The normalized spacial score (nSPS) is 10.9. The molecule has 0 saturated heterocycles. The summed E-state index contributed by atoms with van der Waals surface area (Å²) in [6.45, 7) is 2.24. The Balaban J connectivity index is 1.28. The second-order valence-corrected chi connectivity index (χ2v) is 6.90. The summed E-state index contributed by atoms with van der Waals surface area (Å²) in [6.07, 6.45) is 5.31. The van der Waals surface area contributed by atoms with Gasteiger partial charge in [0.25, 0.3) is 0 Å². The highest BCUT2D eigenvalue weighted by atomic mass is 19.1. The monoisotopic (exact) mass is 405 g/mol. The van der Waals surface area contributed by atoms with Crippen LogP contribution in [-0.4, -0.2) is 25.7 Å². The van der Waals surface area contributed by atoms with Gasteiger partial charge in [0.2, 0.25) is 17.7 Å². The number of nitrogens with one attached hydrogen (secondary N) is 1. The summed E-state index contributed by atoms with van der Waals surface area (Å²) in [5.74, 6) is 0.272. The highest BCUT2D eigenvalue weighted by Gasteiger charge is 2.11. The van der Waals surface area contributed by atoms with E-state index in [2.05, 4.69) is 20.5 Å². The van der Waals surface area contributed by atoms with Gasteiger partial charge < -0.3 is 14.3 Å². The molecule has 2 aromatic carbocycles. The Morgan fingerprint density at radius 2 is 2.00 bits per heavy atom. The third kappa shape index (κ3) is 4.60. The van der Waals surface area contributed by atoms with Crippen molar-refractivity contribution >= 4 is 5.91 Å². The Morgan fingerprint density at radius 3 is 2.73 bits per heavy atom. The van der Waals surface area contributed by atoms with Crippen molar-refractivity contribution in [2.75, 3.05) is 0 Å². The fraction of sp³-hybridized carbons (Fsp3) is 0.182. The molecule has 0 aliphatic rings. The van der Waals surface area contributed by atoms with Gasteiger partial charge in [-0.1, -0.05) is 23.8 Å². The quantitative estimate of drug-likeness (QED) is 0.508. The molecule has 0 fully saturated rings. The largest absolute Gasteiger partial charge is 0.421 e. The summed E-state index contributed by atoms with van der Waals surface area (Å²) < 4.78 is 21.5. The van der Waals surface area contributed by atoms with Crippen molar-refractivity contribution in [2.24, 2.45) is 0 Å². The van der Waals surface area contributed by atoms with E-state index >= 15 is 0 Å². The Bertz CT molecular complexity index is 1140. The van der Waals surface area contributed by atoms with Crippen molar-refractivity contribution in [2.45, 2.75) is 26.3 Å². The number of halogens is 1. The van der Waals surface area contributed by atoms with E-state index in [0.29, 0.717) is 29.5 Å². The van der Waals surface area contributed by atoms with E-state index < -0.39 is 0 Å². The molecule has 0 atom stereocenters. The summed E-state index contributed by atoms with van der Waals surface area (Å²) in [4.78, 5) is 16.0. The van der Waals surface area contributed by atoms with Crippen LogP contribution in [0.5, 0.6) is 0 Å². The number of imidazole rings is 1. The predicted molar refractivity (Wildman–Crippen MR) is 108 cm³/mol. The van der Waals surface area contributed by atoms with E-state index in [4.69, 9.17) is 4.42 Å². The maximum absolute atomic E-state index is 14.3. The average Bonchev–Trinajstić information content (AvgIpc) is 3.44. The van der Waals surface area contributed by atoms with Crippen LogP contribution in [-0.2, 0) is 17.8 Å². The Labute approximate surface area is 172 Å². The van der Waals surface area contributed by atoms with Crippen LogP contribution in [0.15, 0.2) is 65.6 Å². The molecule has 0 aliphatic carbocycles. The molecular formula is C22H20FN5O2. The summed E-state index contributed by atoms with van der Waals surface area (Å²) >= 11 is 0. The smallest absolute Gasteiger partial charge is 0.247 e. The number of carbonyl (C=O) groups excluding carboxylic acids is 1. The number of hydrogen-bond acceptors (Lipinski definition) is 5. The van der Waals surface area contributed by atoms with Crippen LogP contribution in [0.1, 0.15) is 23.4 Å². The van der Waals surface area contributed by atoms with Gasteiger partial charge in [-0.15, -0.1) is 10.2 Å². The van der Waals surface area contributed by atoms with Crippen LogP contribution in [0.4, 0.5) is 4.39 Å². The van der Waals surface area contributed by atoms with E-state index in [1.807, 2.05) is 31.2 Å². The molecule has 30 heavy (non-hydrogen) atoms. The zero-order chi connectivity index (χ0) is 20.9. The maximum atomic E-state index is 14.3. The molecule has 0 aliphatic heterocycles. The molecule has 2 heterocycles. The molecule has 0 bridgehead atoms. The lowest BCUT2D eigenvalue weighted by Crippen LogP contribution is -2.23. The second-order valence-electron chi connectivity index (χ2n) is 6.90. The van der Waals surface area contributed by atoms with Crippen molar-refractivity contribution in [3.8, 4) is 17.1 Å². The zero-order valence-corrected chi connectivity index (χ0v) is 16.4. The minimum Gasteiger partial charge on any atom is -0.421 e. The zero-order valence-electron chi connectivity index (χ0n) is 16.4. The van der Waals surface area contributed by atoms with Gasteiger partial charge in [-0.05, 0) is 36.8 Å². The number of rotatable bonds is 7. The highest BCUT2D eigenvalue weighted by Crippen LogP contribution is 2.19. The molecule has 1 N–H and O–H groups in total. The highest BCUT2D eigenvalue weighted by molar-refractivity contribution is 5.76. The van der Waals surface area contributed by atoms with Gasteiger partial charge in [0, 0.05) is 37.3 Å². The first-order valence-corrected chi connectivity index (χ1v) is 9.51. The summed E-state index contributed by atoms with van der Waals surface area (Å²) in [7, 11) is 0. The van der Waals surface area contributed by atoms with Crippen LogP contribution < -0.4 is 5.32 Å². The van der Waals surface area contributed by atoms with E-state index in [9.17, 15) is 9.18 Å². The van der Waals surface area contributed by atoms with Gasteiger partial charge in [-0.2, -0.15) is 0 Å². The Kier molecular flexibility index (Phi) is 5.65. The summed E-state index contributed by atoms with van der Waals surface area (Å²) in [5.41, 5.74) is 3.06. The number of carbonyl (C=O) groups is 1. The fourth-order valence-corrected chi connectivity index (χ4v) is 2.95. The molecule has 152 valence electrons. The molecule has 8 heteroatoms. The maximum Gasteiger partial charge on any atom is 0.247 e. The Morgan fingerprint density at radius 1 is 1.17 bits per heavy atom. The van der Waals surface area contributed by atoms with E-state index in [-0.39, 0.29) is 24.7 Å². The standard InChI is InChI=1S/C22H20FN5O2/c1-15-2-5-17(6-3-15)22-27-26-21(30-22)9-8-20(29)25-13-16-4-7-19(18(23)12-16)28-11-10-24-14-28/h2-7,10-12,14H,8-9,13H2,1H3,(H,25,29). The van der Waals surface area contributed by atoms with Crippen LogP contribution in [0.2, 0.25) is 0 Å². The molecule has 0 radical (unpaired) electrons. The van der Waals surface area contributed by atoms with Crippen molar-refractivity contribution in [1.29, 1.82) is 0 Å². The van der Waals surface area contributed by atoms with Crippen LogP contribution in [0, 0.1) is 12.7 Å². The number of aromatic nitrogens is 4. The van der Waals surface area contributed by atoms with Gasteiger partial charge >= 0.3 is 0 Å². The van der Waals surface area contributed by atoms with Gasteiger partial charge in [0.05, 0.1) is 12.0 Å². The first-order chi connectivity index (χ1) is 14.6. The van der Waals surface area contributed by atoms with E-state index in [0.717, 1.165) is 11.1 Å². The molecule has 4 aromatic rings. The van der Waals surface area contributed by atoms with E-state index in [1.54, 1.807) is 29.1 Å². The predicted octanol–water partition coefficient (Wildman–Crippen LogP) is 3.62. The van der Waals surface area contributed by atoms with Gasteiger partial charge in [0.1, 0.15) is 5.82 Å². The van der Waals surface area contributed by atoms with Crippen LogP contribution >= 0.6 is 0 Å². The SMILES string of the molecule is Cc1ccc(-c2nnc(CCC(=O)NCc3ccc(-n4ccnc4)c(F)c3)o2)cc1. The number of benzene rings is 2. The van der Waals surface area contributed by atoms with Crippen molar-refractivity contribution in [1.82, 2.24) is 25.1 Å². The van der Waals surface area contributed by atoms with Gasteiger partial charge in [-0.3, -0.25) is 4.79 Å². The fourth-order valence-electron chi connectivity index (χ4n) is 2.95. The van der Waals surface area contributed by atoms with Crippen LogP contribution in [0.25, 0.3) is 17.1 Å². The average molecular weight is 405 g/mol. The molecule has 7 nitrogen and oxygen atoms in total. The summed E-state index contributed by atoms with van der Waals surface area (Å²) in [5, 5.41) is 10.8. The number of amides is 1. The number of hydrogen-bond donors (Lipinski definition) is 1. The molecule has 1 amide bonds. The van der Waals surface area contributed by atoms with Gasteiger partial charge in [0.15, 0.2) is 0 Å². The third-order valence-corrected chi connectivity index (χ3v) is 4.62. The van der Waals surface area contributed by atoms with Gasteiger partial charge in [-0.25, -0.2) is 9.37 Å². The lowest BCUT2D eigenvalue weighted by atomic mass is 10.1. The molecule has 0 spiro atoms. The molecule has 0 saturated carbocycles. The van der Waals surface area contributed by atoms with Crippen molar-refractivity contribution < 1.29 is 13.6 Å². The molecule has 0 unspecified atom stereocenters. The topological polar surface area (TPSA) is 85.8 Å². The first-order valence-electron chi connectivity index (χ1n) is 9.51. The third-order valence-electron chi connectivity index (χ3n) is 4.62. The van der Waals surface area contributed by atoms with Crippen molar-refractivity contribution in [3.05, 3.63) is 84.0 Å². The summed E-state index contributed by atoms with van der Waals surface area (Å²) in [6, 6.07) is 12.6. The Hall–Kier alpha value is -3.81. The van der Waals surface area contributed by atoms with Crippen molar-refractivity contribution in [3.63, 3.8) is 0 Å². The second kappa shape index (κ2) is 8.69. The minimum atomic E-state index is -0.380. The van der Waals surface area contributed by atoms with E-state index in [1.165, 1.54) is 12.4 Å². The van der Waals surface area contributed by atoms with Crippen LogP contribution in [0.3, 0.4) is 0 Å². The lowest BCUT2D eigenvalue weighted by molar-refractivity contribution is -0.121. The molecule has 2 aromatic heterocycles.